The van der Waals surface area contributed by atoms with Crippen molar-refractivity contribution in [2.75, 3.05) is 4.90 Å². The standard InChI is InChI=1S/C14H9BrF3N3O2/c1-8(22)21(12-4-5-19-7-10(12)15)13(23)11-3-2-9(6-20-11)14(16,17)18/h2-7H,1H3. The second kappa shape index (κ2) is 6.45. The van der Waals surface area contributed by atoms with Crippen molar-refractivity contribution in [3.8, 4) is 0 Å². The van der Waals surface area contributed by atoms with E-state index in [0.29, 0.717) is 10.7 Å². The van der Waals surface area contributed by atoms with Crippen molar-refractivity contribution in [2.24, 2.45) is 0 Å². The van der Waals surface area contributed by atoms with E-state index in [1.54, 1.807) is 0 Å². The number of nitrogens with zero attached hydrogens (tertiary/aromatic N) is 3. The number of carbonyl (C=O) groups excluding carboxylic acids is 2. The maximum atomic E-state index is 12.5. The van der Waals surface area contributed by atoms with Crippen LogP contribution in [0.2, 0.25) is 0 Å². The van der Waals surface area contributed by atoms with Crippen LogP contribution in [0.4, 0.5) is 18.9 Å². The zero-order valence-corrected chi connectivity index (χ0v) is 13.2. The zero-order valence-electron chi connectivity index (χ0n) is 11.6. The second-order valence-electron chi connectivity index (χ2n) is 4.42. The van der Waals surface area contributed by atoms with Crippen molar-refractivity contribution < 1.29 is 22.8 Å². The summed E-state index contributed by atoms with van der Waals surface area (Å²) >= 11 is 3.17. The highest BCUT2D eigenvalue weighted by Crippen LogP contribution is 2.29. The molecule has 0 unspecified atom stereocenters. The van der Waals surface area contributed by atoms with Crippen LogP contribution in [0.3, 0.4) is 0 Å². The lowest BCUT2D eigenvalue weighted by Crippen LogP contribution is -2.36. The molecule has 0 spiro atoms. The monoisotopic (exact) mass is 387 g/mol. The van der Waals surface area contributed by atoms with Gasteiger partial charge in [0.25, 0.3) is 5.91 Å². The molecule has 0 aliphatic rings. The first kappa shape index (κ1) is 17.1. The molecule has 0 N–H and O–H groups in total. The number of aromatic nitrogens is 2. The molecular formula is C14H9BrF3N3O2. The van der Waals surface area contributed by atoms with E-state index in [1.807, 2.05) is 0 Å². The van der Waals surface area contributed by atoms with Gasteiger partial charge in [-0.3, -0.25) is 19.6 Å². The molecule has 2 amide bonds. The minimum atomic E-state index is -4.55. The molecule has 2 heterocycles. The lowest BCUT2D eigenvalue weighted by atomic mass is 10.2. The van der Waals surface area contributed by atoms with Crippen LogP contribution in [-0.4, -0.2) is 21.8 Å². The van der Waals surface area contributed by atoms with Gasteiger partial charge >= 0.3 is 6.18 Å². The summed E-state index contributed by atoms with van der Waals surface area (Å²) in [4.78, 5) is 32.4. The Morgan fingerprint density at radius 3 is 2.35 bits per heavy atom. The fourth-order valence-corrected chi connectivity index (χ4v) is 2.20. The Kier molecular flexibility index (Phi) is 4.79. The molecule has 0 saturated carbocycles. The highest BCUT2D eigenvalue weighted by atomic mass is 79.9. The molecular weight excluding hydrogens is 379 g/mol. The molecule has 0 aliphatic carbocycles. The van der Waals surface area contributed by atoms with Crippen molar-refractivity contribution in [1.82, 2.24) is 9.97 Å². The first-order valence-corrected chi connectivity index (χ1v) is 6.99. The molecule has 0 radical (unpaired) electrons. The lowest BCUT2D eigenvalue weighted by molar-refractivity contribution is -0.137. The van der Waals surface area contributed by atoms with Gasteiger partial charge in [0.05, 0.1) is 15.7 Å². The van der Waals surface area contributed by atoms with Gasteiger partial charge in [-0.1, -0.05) is 0 Å². The van der Waals surface area contributed by atoms with Crippen LogP contribution in [0.25, 0.3) is 0 Å². The van der Waals surface area contributed by atoms with Gasteiger partial charge in [-0.2, -0.15) is 13.2 Å². The summed E-state index contributed by atoms with van der Waals surface area (Å²) in [6, 6.07) is 3.09. The summed E-state index contributed by atoms with van der Waals surface area (Å²) in [5.41, 5.74) is -1.04. The summed E-state index contributed by atoms with van der Waals surface area (Å²) in [5, 5.41) is 0. The first-order valence-electron chi connectivity index (χ1n) is 6.19. The molecule has 0 fully saturated rings. The molecule has 2 rings (SSSR count). The minimum Gasteiger partial charge on any atom is -0.274 e. The first-order chi connectivity index (χ1) is 10.7. The molecule has 0 aromatic carbocycles. The van der Waals surface area contributed by atoms with E-state index in [1.165, 1.54) is 18.5 Å². The molecule has 2 aromatic heterocycles. The van der Waals surface area contributed by atoms with E-state index in [-0.39, 0.29) is 11.4 Å². The lowest BCUT2D eigenvalue weighted by Gasteiger charge is -2.20. The van der Waals surface area contributed by atoms with Crippen molar-refractivity contribution in [3.63, 3.8) is 0 Å². The van der Waals surface area contributed by atoms with Crippen LogP contribution in [0.5, 0.6) is 0 Å². The number of hydrogen-bond acceptors (Lipinski definition) is 4. The van der Waals surface area contributed by atoms with E-state index in [4.69, 9.17) is 0 Å². The fraction of sp³-hybridized carbons (Fsp3) is 0.143. The molecule has 5 nitrogen and oxygen atoms in total. The Labute approximate surface area is 137 Å². The fourth-order valence-electron chi connectivity index (χ4n) is 1.77. The van der Waals surface area contributed by atoms with E-state index < -0.39 is 23.6 Å². The van der Waals surface area contributed by atoms with Gasteiger partial charge in [0.15, 0.2) is 0 Å². The van der Waals surface area contributed by atoms with Crippen LogP contribution < -0.4 is 4.90 Å². The summed E-state index contributed by atoms with van der Waals surface area (Å²) in [7, 11) is 0. The quantitative estimate of drug-likeness (QED) is 0.791. The third-order valence-corrected chi connectivity index (χ3v) is 3.43. The summed E-state index contributed by atoms with van der Waals surface area (Å²) in [5.74, 6) is -1.44. The Hall–Kier alpha value is -2.29. The van der Waals surface area contributed by atoms with Crippen LogP contribution >= 0.6 is 15.9 Å². The molecule has 23 heavy (non-hydrogen) atoms. The SMILES string of the molecule is CC(=O)N(C(=O)c1ccc(C(F)(F)F)cn1)c1ccncc1Br. The molecule has 0 saturated heterocycles. The number of hydrogen-bond donors (Lipinski definition) is 0. The number of alkyl halides is 3. The van der Waals surface area contributed by atoms with Gasteiger partial charge in [0.1, 0.15) is 5.69 Å². The van der Waals surface area contributed by atoms with Gasteiger partial charge in [-0.15, -0.1) is 0 Å². The predicted molar refractivity (Wildman–Crippen MR) is 78.7 cm³/mol. The van der Waals surface area contributed by atoms with Crippen LogP contribution in [0.1, 0.15) is 23.0 Å². The third kappa shape index (κ3) is 3.73. The molecule has 0 atom stereocenters. The Morgan fingerprint density at radius 2 is 1.87 bits per heavy atom. The van der Waals surface area contributed by atoms with Gasteiger partial charge in [0.2, 0.25) is 5.91 Å². The number of halogens is 4. The number of anilines is 1. The van der Waals surface area contributed by atoms with E-state index in [9.17, 15) is 22.8 Å². The third-order valence-electron chi connectivity index (χ3n) is 2.82. The van der Waals surface area contributed by atoms with Crippen LogP contribution in [0, 0.1) is 0 Å². The van der Waals surface area contributed by atoms with Crippen LogP contribution in [0.15, 0.2) is 41.3 Å². The van der Waals surface area contributed by atoms with Crippen molar-refractivity contribution in [3.05, 3.63) is 52.5 Å². The number of rotatable bonds is 2. The van der Waals surface area contributed by atoms with Crippen molar-refractivity contribution in [1.29, 1.82) is 0 Å². The molecule has 0 aliphatic heterocycles. The summed E-state index contributed by atoms with van der Waals surface area (Å²) in [6.45, 7) is 1.16. The number of imide groups is 1. The Morgan fingerprint density at radius 1 is 1.17 bits per heavy atom. The topological polar surface area (TPSA) is 63.2 Å². The highest BCUT2D eigenvalue weighted by Gasteiger charge is 2.32. The number of pyridine rings is 2. The van der Waals surface area contributed by atoms with Gasteiger partial charge in [0, 0.05) is 25.5 Å². The largest absolute Gasteiger partial charge is 0.417 e. The predicted octanol–water partition coefficient (Wildman–Crippen LogP) is 3.45. The Balaban J connectivity index is 2.40. The van der Waals surface area contributed by atoms with Crippen molar-refractivity contribution in [2.45, 2.75) is 13.1 Å². The zero-order chi connectivity index (χ0) is 17.2. The summed E-state index contributed by atoms with van der Waals surface area (Å²) < 4.78 is 38.0. The van der Waals surface area contributed by atoms with Gasteiger partial charge in [-0.05, 0) is 34.1 Å². The Bertz CT molecular complexity index is 748. The smallest absolute Gasteiger partial charge is 0.274 e. The summed E-state index contributed by atoms with van der Waals surface area (Å²) in [6.07, 6.45) is -1.24. The molecule has 2 aromatic rings. The van der Waals surface area contributed by atoms with Gasteiger partial charge in [-0.25, -0.2) is 4.90 Å². The average Bonchev–Trinajstić information content (AvgIpc) is 2.48. The van der Waals surface area contributed by atoms with E-state index in [2.05, 4.69) is 25.9 Å². The van der Waals surface area contributed by atoms with Crippen LogP contribution in [-0.2, 0) is 11.0 Å². The average molecular weight is 388 g/mol. The second-order valence-corrected chi connectivity index (χ2v) is 5.27. The maximum absolute atomic E-state index is 12.5. The normalized spacial score (nSPS) is 11.2. The van der Waals surface area contributed by atoms with E-state index in [0.717, 1.165) is 24.0 Å². The highest BCUT2D eigenvalue weighted by molar-refractivity contribution is 9.10. The number of amides is 2. The minimum absolute atomic E-state index is 0.221. The van der Waals surface area contributed by atoms with E-state index >= 15 is 0 Å². The molecule has 9 heteroatoms. The number of carbonyl (C=O) groups is 2. The van der Waals surface area contributed by atoms with Crippen molar-refractivity contribution >= 4 is 33.4 Å². The molecule has 120 valence electrons. The molecule has 0 bridgehead atoms. The van der Waals surface area contributed by atoms with Gasteiger partial charge < -0.3 is 0 Å². The maximum Gasteiger partial charge on any atom is 0.417 e.